The monoisotopic (exact) mass is 343 g/mol. The van der Waals surface area contributed by atoms with Crippen LogP contribution >= 0.6 is 0 Å². The number of nitrogens with two attached hydrogens (primary N) is 1. The molecule has 1 amide bonds. The number of carbonyl (C=O) groups is 1. The molecule has 126 valence electrons. The molecule has 0 aliphatic heterocycles. The fourth-order valence-corrected chi connectivity index (χ4v) is 2.36. The van der Waals surface area contributed by atoms with Gasteiger partial charge in [0.05, 0.1) is 5.69 Å². The molecule has 7 heteroatoms. The van der Waals surface area contributed by atoms with E-state index in [0.717, 1.165) is 6.20 Å². The standard InChI is InChI=1S/C18H12F3N3O/c19-18(20,21)17-23-10-14(11-6-8-13(9-7-11)16(22)25)15(24-17)12-4-2-1-3-5-12/h1-10H,(H2,22,25). The van der Waals surface area contributed by atoms with Gasteiger partial charge in [-0.3, -0.25) is 4.79 Å². The fourth-order valence-electron chi connectivity index (χ4n) is 2.36. The highest BCUT2D eigenvalue weighted by atomic mass is 19.4. The van der Waals surface area contributed by atoms with Crippen LogP contribution in [0.15, 0.2) is 60.8 Å². The summed E-state index contributed by atoms with van der Waals surface area (Å²) in [6, 6.07) is 14.7. The number of halogens is 3. The van der Waals surface area contributed by atoms with Crippen LogP contribution in [0.3, 0.4) is 0 Å². The SMILES string of the molecule is NC(=O)c1ccc(-c2cnc(C(F)(F)F)nc2-c2ccccc2)cc1. The third-order valence-electron chi connectivity index (χ3n) is 3.57. The Morgan fingerprint density at radius 3 is 2.12 bits per heavy atom. The van der Waals surface area contributed by atoms with Gasteiger partial charge in [0.1, 0.15) is 0 Å². The number of alkyl halides is 3. The second-order valence-corrected chi connectivity index (χ2v) is 5.26. The summed E-state index contributed by atoms with van der Waals surface area (Å²) >= 11 is 0. The first kappa shape index (κ1) is 16.6. The first-order valence-electron chi connectivity index (χ1n) is 7.26. The Morgan fingerprint density at radius 2 is 1.56 bits per heavy atom. The molecule has 4 nitrogen and oxygen atoms in total. The highest BCUT2D eigenvalue weighted by Gasteiger charge is 2.35. The van der Waals surface area contributed by atoms with Crippen molar-refractivity contribution in [3.05, 3.63) is 72.2 Å². The maximum absolute atomic E-state index is 13.0. The first-order chi connectivity index (χ1) is 11.9. The minimum absolute atomic E-state index is 0.162. The number of aromatic nitrogens is 2. The van der Waals surface area contributed by atoms with Crippen LogP contribution in [0.4, 0.5) is 13.2 Å². The van der Waals surface area contributed by atoms with Gasteiger partial charge in [0.25, 0.3) is 0 Å². The highest BCUT2D eigenvalue weighted by molar-refractivity contribution is 5.93. The zero-order chi connectivity index (χ0) is 18.0. The molecule has 0 saturated heterocycles. The average Bonchev–Trinajstić information content (AvgIpc) is 2.61. The molecule has 0 aliphatic rings. The molecule has 0 bridgehead atoms. The van der Waals surface area contributed by atoms with E-state index in [0.29, 0.717) is 22.3 Å². The summed E-state index contributed by atoms with van der Waals surface area (Å²) < 4.78 is 38.9. The van der Waals surface area contributed by atoms with Gasteiger partial charge in [0.2, 0.25) is 11.7 Å². The number of rotatable bonds is 3. The Balaban J connectivity index is 2.17. The van der Waals surface area contributed by atoms with Gasteiger partial charge in [-0.15, -0.1) is 0 Å². The molecule has 2 aromatic carbocycles. The number of amides is 1. The molecule has 0 unspecified atom stereocenters. The number of hydrogen-bond acceptors (Lipinski definition) is 3. The summed E-state index contributed by atoms with van der Waals surface area (Å²) in [6.07, 6.45) is -3.50. The van der Waals surface area contributed by atoms with Gasteiger partial charge in [0, 0.05) is 22.9 Å². The molecule has 25 heavy (non-hydrogen) atoms. The number of primary amides is 1. The van der Waals surface area contributed by atoms with Crippen LogP contribution in [0.5, 0.6) is 0 Å². The van der Waals surface area contributed by atoms with E-state index in [9.17, 15) is 18.0 Å². The van der Waals surface area contributed by atoms with Crippen molar-refractivity contribution in [3.63, 3.8) is 0 Å². The van der Waals surface area contributed by atoms with Gasteiger partial charge in [-0.2, -0.15) is 13.2 Å². The minimum Gasteiger partial charge on any atom is -0.366 e. The summed E-state index contributed by atoms with van der Waals surface area (Å²) in [6.45, 7) is 0. The van der Waals surface area contributed by atoms with Gasteiger partial charge < -0.3 is 5.73 Å². The molecule has 1 heterocycles. The van der Waals surface area contributed by atoms with Crippen LogP contribution in [-0.4, -0.2) is 15.9 Å². The Bertz CT molecular complexity index is 907. The zero-order valence-corrected chi connectivity index (χ0v) is 12.8. The lowest BCUT2D eigenvalue weighted by Gasteiger charge is -2.12. The summed E-state index contributed by atoms with van der Waals surface area (Å²) in [5, 5.41) is 0. The summed E-state index contributed by atoms with van der Waals surface area (Å²) in [4.78, 5) is 18.3. The lowest BCUT2D eigenvalue weighted by molar-refractivity contribution is -0.144. The molecule has 0 spiro atoms. The normalized spacial score (nSPS) is 11.3. The Kier molecular flexibility index (Phi) is 4.22. The lowest BCUT2D eigenvalue weighted by atomic mass is 9.99. The molecular weight excluding hydrogens is 331 g/mol. The first-order valence-corrected chi connectivity index (χ1v) is 7.26. The number of hydrogen-bond donors (Lipinski definition) is 1. The predicted octanol–water partition coefficient (Wildman–Crippen LogP) is 3.93. The maximum atomic E-state index is 13.0. The molecular formula is C18H12F3N3O. The van der Waals surface area contributed by atoms with E-state index in [1.807, 2.05) is 0 Å². The average molecular weight is 343 g/mol. The van der Waals surface area contributed by atoms with E-state index >= 15 is 0 Å². The second-order valence-electron chi connectivity index (χ2n) is 5.26. The Hall–Kier alpha value is -3.22. The molecule has 0 aliphatic carbocycles. The summed E-state index contributed by atoms with van der Waals surface area (Å²) in [5.41, 5.74) is 7.21. The van der Waals surface area contributed by atoms with Crippen molar-refractivity contribution in [2.45, 2.75) is 6.18 Å². The predicted molar refractivity (Wildman–Crippen MR) is 86.4 cm³/mol. The van der Waals surface area contributed by atoms with Crippen LogP contribution in [0.25, 0.3) is 22.4 Å². The number of benzene rings is 2. The molecule has 0 atom stereocenters. The van der Waals surface area contributed by atoms with Gasteiger partial charge in [-0.05, 0) is 17.7 Å². The van der Waals surface area contributed by atoms with Crippen molar-refractivity contribution >= 4 is 5.91 Å². The molecule has 0 radical (unpaired) electrons. The van der Waals surface area contributed by atoms with E-state index < -0.39 is 17.9 Å². The van der Waals surface area contributed by atoms with Crippen LogP contribution in [-0.2, 0) is 6.18 Å². The van der Waals surface area contributed by atoms with Gasteiger partial charge >= 0.3 is 6.18 Å². The van der Waals surface area contributed by atoms with Crippen molar-refractivity contribution in [1.29, 1.82) is 0 Å². The van der Waals surface area contributed by atoms with Crippen LogP contribution < -0.4 is 5.73 Å². The lowest BCUT2D eigenvalue weighted by Crippen LogP contribution is -2.12. The largest absolute Gasteiger partial charge is 0.451 e. The minimum atomic E-state index is -4.64. The van der Waals surface area contributed by atoms with Gasteiger partial charge in [0.15, 0.2) is 0 Å². The van der Waals surface area contributed by atoms with Gasteiger partial charge in [-0.25, -0.2) is 9.97 Å². The van der Waals surface area contributed by atoms with Crippen LogP contribution in [0, 0.1) is 0 Å². The van der Waals surface area contributed by atoms with E-state index in [1.54, 1.807) is 42.5 Å². The van der Waals surface area contributed by atoms with Crippen molar-refractivity contribution in [2.24, 2.45) is 5.73 Å². The molecule has 2 N–H and O–H groups in total. The second kappa shape index (κ2) is 6.35. The van der Waals surface area contributed by atoms with Crippen molar-refractivity contribution in [1.82, 2.24) is 9.97 Å². The van der Waals surface area contributed by atoms with Crippen LogP contribution in [0.1, 0.15) is 16.2 Å². The molecule has 3 rings (SSSR count). The van der Waals surface area contributed by atoms with E-state index in [2.05, 4.69) is 9.97 Å². The zero-order valence-electron chi connectivity index (χ0n) is 12.8. The van der Waals surface area contributed by atoms with Crippen molar-refractivity contribution in [2.75, 3.05) is 0 Å². The summed E-state index contributed by atoms with van der Waals surface area (Å²) in [5.74, 6) is -1.79. The van der Waals surface area contributed by atoms with Gasteiger partial charge in [-0.1, -0.05) is 42.5 Å². The third-order valence-corrected chi connectivity index (χ3v) is 3.57. The van der Waals surface area contributed by atoms with E-state index in [-0.39, 0.29) is 5.69 Å². The fraction of sp³-hybridized carbons (Fsp3) is 0.0556. The smallest absolute Gasteiger partial charge is 0.366 e. The number of nitrogens with zero attached hydrogens (tertiary/aromatic N) is 2. The quantitative estimate of drug-likeness (QED) is 0.783. The molecule has 3 aromatic rings. The summed E-state index contributed by atoms with van der Waals surface area (Å²) in [7, 11) is 0. The van der Waals surface area contributed by atoms with E-state index in [4.69, 9.17) is 5.73 Å². The molecule has 0 fully saturated rings. The Labute approximate surface area is 141 Å². The van der Waals surface area contributed by atoms with E-state index in [1.165, 1.54) is 12.1 Å². The van der Waals surface area contributed by atoms with Crippen molar-refractivity contribution < 1.29 is 18.0 Å². The van der Waals surface area contributed by atoms with Crippen LogP contribution in [0.2, 0.25) is 0 Å². The molecule has 0 saturated carbocycles. The maximum Gasteiger partial charge on any atom is 0.451 e. The topological polar surface area (TPSA) is 68.9 Å². The third kappa shape index (κ3) is 3.50. The van der Waals surface area contributed by atoms with Crippen molar-refractivity contribution in [3.8, 4) is 22.4 Å². The Morgan fingerprint density at radius 1 is 0.920 bits per heavy atom. The number of carbonyl (C=O) groups excluding carboxylic acids is 1. The molecule has 1 aromatic heterocycles. The highest BCUT2D eigenvalue weighted by Crippen LogP contribution is 2.33.